The van der Waals surface area contributed by atoms with Crippen LogP contribution < -0.4 is 10.9 Å². The molecule has 0 spiro atoms. The molecule has 0 aliphatic rings. The Kier molecular flexibility index (Phi) is 4.16. The number of aromatic nitrogens is 3. The van der Waals surface area contributed by atoms with Crippen molar-refractivity contribution in [1.29, 1.82) is 0 Å². The topological polar surface area (TPSA) is 90.6 Å². The first-order valence-electron chi connectivity index (χ1n) is 6.06. The monoisotopic (exact) mass is 280 g/mol. The van der Waals surface area contributed by atoms with Crippen LogP contribution in [0, 0.1) is 6.92 Å². The lowest BCUT2D eigenvalue weighted by atomic mass is 10.1. The molecule has 1 amide bonds. The van der Waals surface area contributed by atoms with Gasteiger partial charge in [-0.05, 0) is 13.3 Å². The first kappa shape index (κ1) is 13.5. The number of nitrogens with zero attached hydrogens (tertiary/aromatic N) is 1. The van der Waals surface area contributed by atoms with E-state index in [9.17, 15) is 9.59 Å². The molecule has 0 aliphatic heterocycles. The number of hydrogen-bond donors (Lipinski definition) is 3. The Morgan fingerprint density at radius 2 is 2.32 bits per heavy atom. The molecule has 0 aliphatic carbocycles. The summed E-state index contributed by atoms with van der Waals surface area (Å²) in [6.45, 7) is 3.75. The highest BCUT2D eigenvalue weighted by Gasteiger charge is 2.17. The standard InChI is InChI=1S/C12H16N4O2S/c1-3-9(12-13-4-5-19-12)14-10(17)6-8-7(2)15-16-11(8)18/h4-5,9H,3,6H2,1-2H3,(H,14,17)(H2,15,16,18). The maximum absolute atomic E-state index is 12.0. The molecule has 1 unspecified atom stereocenters. The number of nitrogens with one attached hydrogen (secondary N) is 3. The summed E-state index contributed by atoms with van der Waals surface area (Å²) in [6, 6.07) is -0.0918. The van der Waals surface area contributed by atoms with Crippen LogP contribution in [-0.2, 0) is 11.2 Å². The van der Waals surface area contributed by atoms with E-state index in [2.05, 4.69) is 20.5 Å². The van der Waals surface area contributed by atoms with E-state index in [0.29, 0.717) is 11.3 Å². The highest BCUT2D eigenvalue weighted by atomic mass is 32.1. The van der Waals surface area contributed by atoms with Gasteiger partial charge in [0.05, 0.1) is 12.5 Å². The Bertz CT molecular complexity index is 600. The van der Waals surface area contributed by atoms with Crippen LogP contribution >= 0.6 is 11.3 Å². The molecule has 0 radical (unpaired) electrons. The van der Waals surface area contributed by atoms with E-state index in [-0.39, 0.29) is 23.9 Å². The number of hydrogen-bond acceptors (Lipinski definition) is 4. The van der Waals surface area contributed by atoms with Crippen molar-refractivity contribution in [2.24, 2.45) is 0 Å². The molecule has 0 saturated carbocycles. The molecule has 0 aromatic carbocycles. The number of aryl methyl sites for hydroxylation is 1. The molecule has 6 nitrogen and oxygen atoms in total. The number of carbonyl (C=O) groups excluding carboxylic acids is 1. The second-order valence-corrected chi connectivity index (χ2v) is 5.18. The molecule has 102 valence electrons. The molecule has 0 bridgehead atoms. The van der Waals surface area contributed by atoms with Crippen molar-refractivity contribution in [3.05, 3.63) is 38.2 Å². The average molecular weight is 280 g/mol. The van der Waals surface area contributed by atoms with Crippen LogP contribution in [0.4, 0.5) is 0 Å². The summed E-state index contributed by atoms with van der Waals surface area (Å²) < 4.78 is 0. The summed E-state index contributed by atoms with van der Waals surface area (Å²) in [6.07, 6.45) is 2.56. The highest BCUT2D eigenvalue weighted by Crippen LogP contribution is 2.18. The van der Waals surface area contributed by atoms with Gasteiger partial charge in [-0.2, -0.15) is 0 Å². The predicted molar refractivity (Wildman–Crippen MR) is 73.1 cm³/mol. The van der Waals surface area contributed by atoms with Gasteiger partial charge in [0.25, 0.3) is 5.56 Å². The van der Waals surface area contributed by atoms with Crippen molar-refractivity contribution in [2.45, 2.75) is 32.7 Å². The van der Waals surface area contributed by atoms with Gasteiger partial charge in [0.15, 0.2) is 0 Å². The van der Waals surface area contributed by atoms with Crippen LogP contribution in [0.25, 0.3) is 0 Å². The molecule has 1 atom stereocenters. The van der Waals surface area contributed by atoms with E-state index in [1.165, 1.54) is 11.3 Å². The molecule has 2 aromatic rings. The molecule has 0 saturated heterocycles. The lowest BCUT2D eigenvalue weighted by Gasteiger charge is -2.14. The Labute approximate surface area is 114 Å². The van der Waals surface area contributed by atoms with Gasteiger partial charge < -0.3 is 10.4 Å². The van der Waals surface area contributed by atoms with Gasteiger partial charge >= 0.3 is 0 Å². The summed E-state index contributed by atoms with van der Waals surface area (Å²) in [5, 5.41) is 10.8. The van der Waals surface area contributed by atoms with Gasteiger partial charge in [0.2, 0.25) is 5.91 Å². The van der Waals surface area contributed by atoms with E-state index in [1.54, 1.807) is 13.1 Å². The Morgan fingerprint density at radius 1 is 1.53 bits per heavy atom. The maximum atomic E-state index is 12.0. The van der Waals surface area contributed by atoms with E-state index < -0.39 is 0 Å². The number of H-pyrrole nitrogens is 2. The van der Waals surface area contributed by atoms with Gasteiger partial charge in [-0.25, -0.2) is 4.98 Å². The Balaban J connectivity index is 2.03. The van der Waals surface area contributed by atoms with Crippen molar-refractivity contribution < 1.29 is 4.79 Å². The van der Waals surface area contributed by atoms with Gasteiger partial charge in [0.1, 0.15) is 5.01 Å². The molecule has 3 N–H and O–H groups in total. The summed E-state index contributed by atoms with van der Waals surface area (Å²) in [5.74, 6) is -0.171. The summed E-state index contributed by atoms with van der Waals surface area (Å²) in [4.78, 5) is 27.7. The zero-order valence-electron chi connectivity index (χ0n) is 10.8. The zero-order valence-corrected chi connectivity index (χ0v) is 11.6. The van der Waals surface area contributed by atoms with Crippen molar-refractivity contribution in [1.82, 2.24) is 20.5 Å². The Morgan fingerprint density at radius 3 is 2.84 bits per heavy atom. The SMILES string of the molecule is CCC(NC(=O)Cc1c(C)[nH][nH]c1=O)c1nccs1. The minimum Gasteiger partial charge on any atom is -0.347 e. The predicted octanol–water partition coefficient (Wildman–Crippen LogP) is 1.28. The van der Waals surface area contributed by atoms with Crippen LogP contribution in [0.1, 0.15) is 35.7 Å². The number of rotatable bonds is 5. The van der Waals surface area contributed by atoms with Crippen LogP contribution in [0.15, 0.2) is 16.4 Å². The summed E-state index contributed by atoms with van der Waals surface area (Å²) >= 11 is 1.51. The molecule has 2 heterocycles. The molecule has 0 fully saturated rings. The Hall–Kier alpha value is -1.89. The number of carbonyl (C=O) groups is 1. The normalized spacial score (nSPS) is 12.3. The lowest BCUT2D eigenvalue weighted by Crippen LogP contribution is -2.30. The van der Waals surface area contributed by atoms with Crippen LogP contribution in [0.3, 0.4) is 0 Å². The lowest BCUT2D eigenvalue weighted by molar-refractivity contribution is -0.121. The third-order valence-electron chi connectivity index (χ3n) is 2.92. The quantitative estimate of drug-likeness (QED) is 0.770. The maximum Gasteiger partial charge on any atom is 0.267 e. The van der Waals surface area contributed by atoms with Crippen molar-refractivity contribution >= 4 is 17.2 Å². The summed E-state index contributed by atoms with van der Waals surface area (Å²) in [5.41, 5.74) is 0.934. The third-order valence-corrected chi connectivity index (χ3v) is 3.81. The fourth-order valence-corrected chi connectivity index (χ4v) is 2.61. The minimum absolute atomic E-state index is 0.0759. The fraction of sp³-hybridized carbons (Fsp3) is 0.417. The van der Waals surface area contributed by atoms with E-state index >= 15 is 0 Å². The zero-order chi connectivity index (χ0) is 13.8. The number of amides is 1. The molecular weight excluding hydrogens is 264 g/mol. The second kappa shape index (κ2) is 5.83. The smallest absolute Gasteiger partial charge is 0.267 e. The van der Waals surface area contributed by atoms with Gasteiger partial charge in [-0.15, -0.1) is 11.3 Å². The van der Waals surface area contributed by atoms with Crippen LogP contribution in [0.5, 0.6) is 0 Å². The molecule has 7 heteroatoms. The fourth-order valence-electron chi connectivity index (χ4n) is 1.84. The van der Waals surface area contributed by atoms with Gasteiger partial charge in [-0.1, -0.05) is 6.92 Å². The first-order valence-corrected chi connectivity index (χ1v) is 6.94. The molecule has 19 heavy (non-hydrogen) atoms. The van der Waals surface area contributed by atoms with Gasteiger partial charge in [-0.3, -0.25) is 14.7 Å². The minimum atomic E-state index is -0.241. The van der Waals surface area contributed by atoms with E-state index in [4.69, 9.17) is 0 Å². The number of thiazole rings is 1. The van der Waals surface area contributed by atoms with Crippen molar-refractivity contribution in [3.63, 3.8) is 0 Å². The molecule has 2 rings (SSSR count). The second-order valence-electron chi connectivity index (χ2n) is 4.26. The van der Waals surface area contributed by atoms with Gasteiger partial charge in [0, 0.05) is 22.8 Å². The highest BCUT2D eigenvalue weighted by molar-refractivity contribution is 7.09. The van der Waals surface area contributed by atoms with Crippen molar-refractivity contribution in [2.75, 3.05) is 0 Å². The van der Waals surface area contributed by atoms with Crippen LogP contribution in [-0.4, -0.2) is 21.1 Å². The van der Waals surface area contributed by atoms with E-state index in [1.807, 2.05) is 12.3 Å². The van der Waals surface area contributed by atoms with Crippen LogP contribution in [0.2, 0.25) is 0 Å². The van der Waals surface area contributed by atoms with Crippen molar-refractivity contribution in [3.8, 4) is 0 Å². The largest absolute Gasteiger partial charge is 0.347 e. The molecule has 2 aromatic heterocycles. The molecular formula is C12H16N4O2S. The summed E-state index contributed by atoms with van der Waals surface area (Å²) in [7, 11) is 0. The first-order chi connectivity index (χ1) is 9.11. The average Bonchev–Trinajstić information content (AvgIpc) is 3.01. The van der Waals surface area contributed by atoms with E-state index in [0.717, 1.165) is 11.4 Å². The number of aromatic amines is 2. The third kappa shape index (κ3) is 3.11.